The van der Waals surface area contributed by atoms with Gasteiger partial charge in [-0.1, -0.05) is 36.4 Å². The van der Waals surface area contributed by atoms with Gasteiger partial charge in [0.1, 0.15) is 5.60 Å². The van der Waals surface area contributed by atoms with Gasteiger partial charge in [0.25, 0.3) is 0 Å². The number of benzene rings is 1. The highest BCUT2D eigenvalue weighted by Crippen LogP contribution is 2.24. The zero-order chi connectivity index (χ0) is 17.0. The Balaban J connectivity index is 1.82. The number of pyridine rings is 1. The molecule has 2 atom stereocenters. The summed E-state index contributed by atoms with van der Waals surface area (Å²) in [5.74, 6) is 0. The molecule has 0 aliphatic heterocycles. The fourth-order valence-corrected chi connectivity index (χ4v) is 2.69. The smallest absolute Gasteiger partial charge is 0.102 e. The van der Waals surface area contributed by atoms with Crippen LogP contribution in [0.2, 0.25) is 0 Å². The Hall–Kier alpha value is -2.50. The van der Waals surface area contributed by atoms with Crippen molar-refractivity contribution in [1.29, 1.82) is 0 Å². The second-order valence-electron chi connectivity index (χ2n) is 6.16. The van der Waals surface area contributed by atoms with Crippen LogP contribution in [0.3, 0.4) is 0 Å². The molecule has 0 radical (unpaired) electrons. The number of nitrogens with one attached hydrogen (secondary N) is 1. The molecule has 5 nitrogen and oxygen atoms in total. The number of aromatic nitrogens is 3. The summed E-state index contributed by atoms with van der Waals surface area (Å²) < 4.78 is 1.69. The van der Waals surface area contributed by atoms with Gasteiger partial charge in [-0.3, -0.25) is 9.67 Å². The van der Waals surface area contributed by atoms with Crippen molar-refractivity contribution >= 4 is 0 Å². The third-order valence-electron chi connectivity index (χ3n) is 4.09. The lowest BCUT2D eigenvalue weighted by Crippen LogP contribution is -2.37. The molecule has 24 heavy (non-hydrogen) atoms. The predicted molar refractivity (Wildman–Crippen MR) is 93.3 cm³/mol. The first-order valence-corrected chi connectivity index (χ1v) is 7.97. The molecule has 0 saturated carbocycles. The molecule has 2 heterocycles. The van der Waals surface area contributed by atoms with Gasteiger partial charge in [0, 0.05) is 31.5 Å². The quantitative estimate of drug-likeness (QED) is 0.731. The number of hydrogen-bond acceptors (Lipinski definition) is 4. The van der Waals surface area contributed by atoms with Crippen LogP contribution in [-0.4, -0.2) is 26.4 Å². The van der Waals surface area contributed by atoms with Crippen molar-refractivity contribution in [2.45, 2.75) is 18.6 Å². The van der Waals surface area contributed by atoms with Crippen LogP contribution in [0.25, 0.3) is 0 Å². The van der Waals surface area contributed by atoms with Crippen molar-refractivity contribution in [1.82, 2.24) is 20.1 Å². The molecule has 3 aromatic rings. The van der Waals surface area contributed by atoms with Gasteiger partial charge < -0.3 is 10.4 Å². The molecule has 0 spiro atoms. The Kier molecular flexibility index (Phi) is 4.74. The number of nitrogens with zero attached hydrogens (tertiary/aromatic N) is 3. The molecule has 0 amide bonds. The molecule has 3 rings (SSSR count). The molecule has 5 heteroatoms. The van der Waals surface area contributed by atoms with E-state index in [0.29, 0.717) is 6.54 Å². The van der Waals surface area contributed by atoms with Crippen LogP contribution in [0.15, 0.2) is 67.1 Å². The topological polar surface area (TPSA) is 63.0 Å². The van der Waals surface area contributed by atoms with Gasteiger partial charge in [-0.2, -0.15) is 5.10 Å². The van der Waals surface area contributed by atoms with E-state index in [-0.39, 0.29) is 6.04 Å². The average molecular weight is 322 g/mol. The molecular weight excluding hydrogens is 300 g/mol. The maximum absolute atomic E-state index is 10.8. The molecule has 0 fully saturated rings. The van der Waals surface area contributed by atoms with E-state index in [9.17, 15) is 5.11 Å². The summed E-state index contributed by atoms with van der Waals surface area (Å²) in [5.41, 5.74) is 1.80. The van der Waals surface area contributed by atoms with E-state index >= 15 is 0 Å². The maximum atomic E-state index is 10.8. The zero-order valence-corrected chi connectivity index (χ0v) is 13.9. The van der Waals surface area contributed by atoms with E-state index in [1.54, 1.807) is 24.0 Å². The van der Waals surface area contributed by atoms with Crippen LogP contribution < -0.4 is 5.32 Å². The second-order valence-corrected chi connectivity index (χ2v) is 6.16. The molecule has 0 saturated heterocycles. The Bertz CT molecular complexity index is 729. The molecule has 124 valence electrons. The first-order valence-electron chi connectivity index (χ1n) is 7.97. The van der Waals surface area contributed by atoms with Crippen molar-refractivity contribution in [2.75, 3.05) is 6.54 Å². The average Bonchev–Trinajstić information content (AvgIpc) is 3.04. The molecule has 0 bridgehead atoms. The normalized spacial score (nSPS) is 15.0. The Morgan fingerprint density at radius 1 is 1.17 bits per heavy atom. The highest BCUT2D eigenvalue weighted by atomic mass is 16.3. The van der Waals surface area contributed by atoms with Crippen LogP contribution >= 0.6 is 0 Å². The van der Waals surface area contributed by atoms with Crippen molar-refractivity contribution in [3.63, 3.8) is 0 Å². The lowest BCUT2D eigenvalue weighted by molar-refractivity contribution is 0.0548. The minimum atomic E-state index is -1.02. The van der Waals surface area contributed by atoms with Gasteiger partial charge in [-0.15, -0.1) is 0 Å². The van der Waals surface area contributed by atoms with Gasteiger partial charge in [-0.25, -0.2) is 0 Å². The monoisotopic (exact) mass is 322 g/mol. The van der Waals surface area contributed by atoms with Crippen LogP contribution in [0.5, 0.6) is 0 Å². The third kappa shape index (κ3) is 3.69. The van der Waals surface area contributed by atoms with E-state index in [1.807, 2.05) is 49.6 Å². The van der Waals surface area contributed by atoms with Gasteiger partial charge in [0.05, 0.1) is 17.9 Å². The molecule has 0 unspecified atom stereocenters. The molecule has 2 N–H and O–H groups in total. The molecule has 2 aromatic heterocycles. The molecular formula is C19H22N4O. The first-order chi connectivity index (χ1) is 11.6. The standard InChI is InChI=1S/C19H22N4O/c1-19(24,16-12-22-23(2)13-16)14-21-18(15-8-4-3-5-9-15)17-10-6-7-11-20-17/h3-13,18,21,24H,14H2,1-2H3/t18-,19-/m1/s1. The summed E-state index contributed by atoms with van der Waals surface area (Å²) in [7, 11) is 1.84. The minimum absolute atomic E-state index is 0.0875. The molecule has 0 aliphatic carbocycles. The fourth-order valence-electron chi connectivity index (χ4n) is 2.69. The third-order valence-corrected chi connectivity index (χ3v) is 4.09. The molecule has 1 aromatic carbocycles. The Labute approximate surface area is 142 Å². The van der Waals surface area contributed by atoms with E-state index < -0.39 is 5.60 Å². The Morgan fingerprint density at radius 2 is 1.92 bits per heavy atom. The lowest BCUT2D eigenvalue weighted by atomic mass is 9.97. The lowest BCUT2D eigenvalue weighted by Gasteiger charge is -2.26. The van der Waals surface area contributed by atoms with Crippen LogP contribution in [0.4, 0.5) is 0 Å². The fraction of sp³-hybridized carbons (Fsp3) is 0.263. The van der Waals surface area contributed by atoms with E-state index in [2.05, 4.69) is 27.5 Å². The highest BCUT2D eigenvalue weighted by molar-refractivity contribution is 5.28. The number of rotatable bonds is 6. The van der Waals surface area contributed by atoms with E-state index in [0.717, 1.165) is 16.8 Å². The largest absolute Gasteiger partial charge is 0.384 e. The highest BCUT2D eigenvalue weighted by Gasteiger charge is 2.26. The van der Waals surface area contributed by atoms with Crippen molar-refractivity contribution < 1.29 is 5.11 Å². The maximum Gasteiger partial charge on any atom is 0.102 e. The minimum Gasteiger partial charge on any atom is -0.384 e. The summed E-state index contributed by atoms with van der Waals surface area (Å²) in [6.07, 6.45) is 5.31. The summed E-state index contributed by atoms with van der Waals surface area (Å²) in [6.45, 7) is 2.17. The summed E-state index contributed by atoms with van der Waals surface area (Å²) >= 11 is 0. The number of aliphatic hydroxyl groups is 1. The number of hydrogen-bond donors (Lipinski definition) is 2. The summed E-state index contributed by atoms with van der Waals surface area (Å²) in [6, 6.07) is 15.9. The van der Waals surface area contributed by atoms with Gasteiger partial charge in [-0.05, 0) is 24.6 Å². The van der Waals surface area contributed by atoms with Crippen molar-refractivity contribution in [3.05, 3.63) is 83.9 Å². The van der Waals surface area contributed by atoms with Crippen molar-refractivity contribution in [2.24, 2.45) is 7.05 Å². The van der Waals surface area contributed by atoms with Crippen molar-refractivity contribution in [3.8, 4) is 0 Å². The molecule has 0 aliphatic rings. The first kappa shape index (κ1) is 16.4. The van der Waals surface area contributed by atoms with Crippen LogP contribution in [0, 0.1) is 0 Å². The van der Waals surface area contributed by atoms with E-state index in [4.69, 9.17) is 0 Å². The Morgan fingerprint density at radius 3 is 2.54 bits per heavy atom. The summed E-state index contributed by atoms with van der Waals surface area (Å²) in [4.78, 5) is 4.47. The predicted octanol–water partition coefficient (Wildman–Crippen LogP) is 2.40. The van der Waals surface area contributed by atoms with Gasteiger partial charge >= 0.3 is 0 Å². The van der Waals surface area contributed by atoms with Crippen LogP contribution in [0.1, 0.15) is 29.8 Å². The second kappa shape index (κ2) is 6.95. The SMILES string of the molecule is Cn1cc([C@](C)(O)CN[C@H](c2ccccc2)c2ccccn2)cn1. The number of aryl methyl sites for hydroxylation is 1. The zero-order valence-electron chi connectivity index (χ0n) is 13.9. The summed E-state index contributed by atoms with van der Waals surface area (Å²) in [5, 5.41) is 18.4. The van der Waals surface area contributed by atoms with Gasteiger partial charge in [0.2, 0.25) is 0 Å². The van der Waals surface area contributed by atoms with E-state index in [1.165, 1.54) is 0 Å². The van der Waals surface area contributed by atoms with Crippen LogP contribution in [-0.2, 0) is 12.6 Å². The van der Waals surface area contributed by atoms with Gasteiger partial charge in [0.15, 0.2) is 0 Å².